The summed E-state index contributed by atoms with van der Waals surface area (Å²) in [6.07, 6.45) is 5.60. The average Bonchev–Trinajstić information content (AvgIpc) is 3.50. The fourth-order valence-corrected chi connectivity index (χ4v) is 4.11. The molecule has 0 radical (unpaired) electrons. The van der Waals surface area contributed by atoms with Gasteiger partial charge in [-0.05, 0) is 61.1 Å². The van der Waals surface area contributed by atoms with E-state index in [1.54, 1.807) is 6.07 Å². The van der Waals surface area contributed by atoms with Crippen LogP contribution in [0.3, 0.4) is 0 Å². The van der Waals surface area contributed by atoms with E-state index in [-0.39, 0.29) is 21.5 Å². The molecule has 8 nitrogen and oxygen atoms in total. The third-order valence-electron chi connectivity index (χ3n) is 5.33. The molecule has 160 valence electrons. The van der Waals surface area contributed by atoms with E-state index in [4.69, 9.17) is 33.2 Å². The van der Waals surface area contributed by atoms with Gasteiger partial charge in [-0.1, -0.05) is 23.2 Å². The second-order valence-electron chi connectivity index (χ2n) is 7.64. The molecule has 32 heavy (non-hydrogen) atoms. The van der Waals surface area contributed by atoms with Crippen LogP contribution in [0.2, 0.25) is 10.0 Å². The van der Waals surface area contributed by atoms with Crippen LogP contribution in [-0.4, -0.2) is 19.7 Å². The molecule has 0 unspecified atom stereocenters. The third kappa shape index (κ3) is 3.77. The first-order chi connectivity index (χ1) is 15.4. The van der Waals surface area contributed by atoms with Crippen molar-refractivity contribution in [3.05, 3.63) is 78.7 Å². The summed E-state index contributed by atoms with van der Waals surface area (Å²) >= 11 is 12.8. The van der Waals surface area contributed by atoms with E-state index in [2.05, 4.69) is 10.1 Å². The molecule has 2 aromatic carbocycles. The Balaban J connectivity index is 1.50. The van der Waals surface area contributed by atoms with Crippen molar-refractivity contribution >= 4 is 34.1 Å². The predicted molar refractivity (Wildman–Crippen MR) is 120 cm³/mol. The Hall–Kier alpha value is -3.54. The molecule has 1 aliphatic rings. The standard InChI is InChI=1S/C22H15Cl2N5O3/c23-16-6-13(29-22(31)27-21(30)19(9-25)28-29)7-17(24)20(16)32-14-3-4-18-15(8-14)12(10-26-18)5-11-1-2-11/h3-4,6-8,10-11,26H,1-2,5H2,(H,27,30,31). The minimum atomic E-state index is -0.868. The number of fused-ring (bicyclic) bond motifs is 1. The quantitative estimate of drug-likeness (QED) is 0.453. The second kappa shape index (κ2) is 7.86. The van der Waals surface area contributed by atoms with Gasteiger partial charge in [0.05, 0.1) is 15.7 Å². The van der Waals surface area contributed by atoms with Gasteiger partial charge in [-0.2, -0.15) is 9.94 Å². The smallest absolute Gasteiger partial charge is 0.349 e. The van der Waals surface area contributed by atoms with E-state index in [1.807, 2.05) is 29.4 Å². The number of hydrogen-bond donors (Lipinski definition) is 2. The highest BCUT2D eigenvalue weighted by Crippen LogP contribution is 2.40. The van der Waals surface area contributed by atoms with Crippen LogP contribution in [0.4, 0.5) is 0 Å². The van der Waals surface area contributed by atoms with Crippen molar-refractivity contribution in [3.63, 3.8) is 0 Å². The summed E-state index contributed by atoms with van der Waals surface area (Å²) in [5.41, 5.74) is 0.301. The molecule has 1 fully saturated rings. The summed E-state index contributed by atoms with van der Waals surface area (Å²) in [6.45, 7) is 0. The van der Waals surface area contributed by atoms with E-state index in [0.717, 1.165) is 27.9 Å². The van der Waals surface area contributed by atoms with E-state index >= 15 is 0 Å². The minimum Gasteiger partial charge on any atom is -0.454 e. The monoisotopic (exact) mass is 467 g/mol. The van der Waals surface area contributed by atoms with Crippen LogP contribution in [0, 0.1) is 17.2 Å². The summed E-state index contributed by atoms with van der Waals surface area (Å²) < 4.78 is 6.83. The first kappa shape index (κ1) is 20.4. The van der Waals surface area contributed by atoms with Crippen molar-refractivity contribution in [1.82, 2.24) is 19.7 Å². The number of aromatic amines is 2. The largest absolute Gasteiger partial charge is 0.454 e. The number of nitrogens with one attached hydrogen (secondary N) is 2. The van der Waals surface area contributed by atoms with Gasteiger partial charge < -0.3 is 9.72 Å². The lowest BCUT2D eigenvalue weighted by Gasteiger charge is -2.12. The Kier molecular flexibility index (Phi) is 5.00. The first-order valence-electron chi connectivity index (χ1n) is 9.84. The van der Waals surface area contributed by atoms with Gasteiger partial charge in [0.15, 0.2) is 5.75 Å². The number of nitrogens with zero attached hydrogens (tertiary/aromatic N) is 3. The molecule has 4 aromatic rings. The zero-order chi connectivity index (χ0) is 22.4. The number of hydrogen-bond acceptors (Lipinski definition) is 5. The Morgan fingerprint density at radius 2 is 1.94 bits per heavy atom. The molecule has 0 spiro atoms. The maximum absolute atomic E-state index is 12.1. The topological polar surface area (TPSA) is 117 Å². The van der Waals surface area contributed by atoms with E-state index in [0.29, 0.717) is 5.75 Å². The number of rotatable bonds is 5. The molecular formula is C22H15Cl2N5O3. The van der Waals surface area contributed by atoms with Crippen molar-refractivity contribution in [2.75, 3.05) is 0 Å². The summed E-state index contributed by atoms with van der Waals surface area (Å²) in [5, 5.41) is 14.1. The molecular weight excluding hydrogens is 453 g/mol. The van der Waals surface area contributed by atoms with Crippen LogP contribution in [0.25, 0.3) is 16.6 Å². The van der Waals surface area contributed by atoms with Crippen molar-refractivity contribution in [1.29, 1.82) is 5.26 Å². The number of ether oxygens (including phenoxy) is 1. The lowest BCUT2D eigenvalue weighted by molar-refractivity contribution is 0.483. The van der Waals surface area contributed by atoms with Gasteiger partial charge in [0.1, 0.15) is 11.8 Å². The van der Waals surface area contributed by atoms with Crippen LogP contribution >= 0.6 is 23.2 Å². The summed E-state index contributed by atoms with van der Waals surface area (Å²) in [6, 6.07) is 10.2. The molecule has 1 aliphatic carbocycles. The summed E-state index contributed by atoms with van der Waals surface area (Å²) in [4.78, 5) is 29.0. The molecule has 0 aliphatic heterocycles. The van der Waals surface area contributed by atoms with Gasteiger partial charge in [0, 0.05) is 17.1 Å². The van der Waals surface area contributed by atoms with Crippen molar-refractivity contribution in [2.24, 2.45) is 5.92 Å². The fourth-order valence-electron chi connectivity index (χ4n) is 3.56. The molecule has 2 aromatic heterocycles. The summed E-state index contributed by atoms with van der Waals surface area (Å²) in [5.74, 6) is 1.53. The average molecular weight is 468 g/mol. The highest BCUT2D eigenvalue weighted by Gasteiger charge is 2.23. The lowest BCUT2D eigenvalue weighted by atomic mass is 10.1. The molecule has 2 heterocycles. The highest BCUT2D eigenvalue weighted by molar-refractivity contribution is 6.37. The van der Waals surface area contributed by atoms with Gasteiger partial charge >= 0.3 is 5.69 Å². The minimum absolute atomic E-state index is 0.137. The Labute approximate surface area is 191 Å². The molecule has 0 amide bonds. The lowest BCUT2D eigenvalue weighted by Crippen LogP contribution is -2.33. The first-order valence-corrected chi connectivity index (χ1v) is 10.6. The zero-order valence-electron chi connectivity index (χ0n) is 16.5. The second-order valence-corrected chi connectivity index (χ2v) is 8.46. The van der Waals surface area contributed by atoms with Gasteiger partial charge in [0.2, 0.25) is 5.69 Å². The molecule has 5 rings (SSSR count). The van der Waals surface area contributed by atoms with Crippen molar-refractivity contribution in [3.8, 4) is 23.3 Å². The number of benzene rings is 2. The van der Waals surface area contributed by atoms with Crippen molar-refractivity contribution in [2.45, 2.75) is 19.3 Å². The summed E-state index contributed by atoms with van der Waals surface area (Å²) in [7, 11) is 0. The van der Waals surface area contributed by atoms with Gasteiger partial charge in [-0.15, -0.1) is 5.10 Å². The molecule has 2 N–H and O–H groups in total. The van der Waals surface area contributed by atoms with Crippen LogP contribution in [0.5, 0.6) is 11.5 Å². The maximum Gasteiger partial charge on any atom is 0.349 e. The van der Waals surface area contributed by atoms with E-state index < -0.39 is 16.9 Å². The van der Waals surface area contributed by atoms with E-state index in [9.17, 15) is 9.59 Å². The number of H-pyrrole nitrogens is 2. The number of aromatic nitrogens is 4. The maximum atomic E-state index is 12.1. The fraction of sp³-hybridized carbons (Fsp3) is 0.182. The Morgan fingerprint density at radius 3 is 2.62 bits per heavy atom. The number of nitriles is 1. The number of halogens is 2. The van der Waals surface area contributed by atoms with Crippen LogP contribution in [0.1, 0.15) is 24.1 Å². The van der Waals surface area contributed by atoms with Crippen LogP contribution < -0.4 is 16.0 Å². The molecule has 1 saturated carbocycles. The normalized spacial score (nSPS) is 13.3. The van der Waals surface area contributed by atoms with E-state index in [1.165, 1.54) is 30.5 Å². The Morgan fingerprint density at radius 1 is 1.19 bits per heavy atom. The van der Waals surface area contributed by atoms with Gasteiger partial charge in [0.25, 0.3) is 5.56 Å². The van der Waals surface area contributed by atoms with Crippen LogP contribution in [0.15, 0.2) is 46.1 Å². The third-order valence-corrected chi connectivity index (χ3v) is 5.89. The predicted octanol–water partition coefficient (Wildman–Crippen LogP) is 4.33. The highest BCUT2D eigenvalue weighted by atomic mass is 35.5. The molecule has 0 atom stereocenters. The molecule has 0 bridgehead atoms. The SMILES string of the molecule is N#Cc1nn(-c2cc(Cl)c(Oc3ccc4[nH]cc(CC5CC5)c4c3)c(Cl)c2)c(=O)[nH]c1=O. The van der Waals surface area contributed by atoms with Gasteiger partial charge in [-0.25, -0.2) is 4.79 Å². The molecule has 10 heteroatoms. The zero-order valence-corrected chi connectivity index (χ0v) is 18.0. The molecule has 0 saturated heterocycles. The van der Waals surface area contributed by atoms with Crippen molar-refractivity contribution < 1.29 is 4.74 Å². The van der Waals surface area contributed by atoms with Gasteiger partial charge in [-0.3, -0.25) is 9.78 Å². The van der Waals surface area contributed by atoms with Crippen LogP contribution in [-0.2, 0) is 6.42 Å². The Bertz CT molecular complexity index is 1500.